The second-order valence-corrected chi connectivity index (χ2v) is 24.8. The number of nitrogens with zero attached hydrogens (tertiary/aromatic N) is 1. The molecule has 0 aliphatic heterocycles. The van der Waals surface area contributed by atoms with Gasteiger partial charge in [0.1, 0.15) is 0 Å². The van der Waals surface area contributed by atoms with E-state index >= 15 is 0 Å². The maximum atomic E-state index is 8.37. The van der Waals surface area contributed by atoms with Crippen molar-refractivity contribution in [2.24, 2.45) is 16.6 Å². The van der Waals surface area contributed by atoms with E-state index in [-0.39, 0.29) is 42.7 Å². The van der Waals surface area contributed by atoms with Gasteiger partial charge in [0, 0.05) is 56.1 Å². The molecular weight excluding hydrogens is 1430 g/mol. The molecule has 3 aliphatic carbocycles. The SMILES string of the molecule is CC.CC.CC.CC.CC(I)I.CCC1(Cc2ccccc2Br)CC1.CCC1(Cc2ccccc2C)CC1.C[CH-]I.N#CCc1ccccc1Br.NC1(Cc2ccccc2Br)CC1.[CH2-]C.[V].[V]. The molecule has 0 atom stereocenters. The van der Waals surface area contributed by atoms with Crippen molar-refractivity contribution in [2.45, 2.75) is 181 Å². The molecule has 3 aliphatic rings. The first-order valence-corrected chi connectivity index (χ1v) is 30.1. The second-order valence-electron chi connectivity index (χ2n) is 14.9. The molecule has 10 heteroatoms. The van der Waals surface area contributed by atoms with Crippen LogP contribution in [0, 0.1) is 40.4 Å². The standard InChI is InChI=1S/C13H18.C12H15Br.C10H12BrN.C8H6BrN.C2H4I2.C2H4I.4C2H6.C2H5.2V/c1-3-13(8-9-13)10-12-7-5-4-6-11(12)2;1-2-12(7-8-12)9-10-5-3-4-6-11(10)13;11-9-4-2-1-3-8(9)7-10(12)5-6-10;9-8-4-2-1-3-7(8)5-6-10;1-2(3)4;1-2-3;5*1-2;;/h4-7H,3,8-10H2,1-2H3;3-6H,2,7-9H2,1H3;1-4H,5-7,12H2;1-4H,5H2;2H,1H3;2H,1H3;4*1-2H3;1H2,2H3;;/q;;;;;-1;;;;;-1;;. The smallest absolute Gasteiger partial charge is 0.0670 e. The molecule has 7 rings (SSSR count). The minimum atomic E-state index is 0. The third kappa shape index (κ3) is 40.2. The van der Waals surface area contributed by atoms with Crippen LogP contribution in [0.15, 0.2) is 110 Å². The van der Waals surface area contributed by atoms with E-state index < -0.39 is 0 Å². The van der Waals surface area contributed by atoms with E-state index in [1.54, 1.807) is 12.5 Å². The molecule has 67 heavy (non-hydrogen) atoms. The van der Waals surface area contributed by atoms with Gasteiger partial charge in [-0.05, 0) is 128 Å². The van der Waals surface area contributed by atoms with E-state index in [0.29, 0.717) is 17.3 Å². The van der Waals surface area contributed by atoms with E-state index in [1.807, 2.05) is 97.1 Å². The molecule has 0 amide bonds. The van der Waals surface area contributed by atoms with E-state index in [9.17, 15) is 0 Å². The van der Waals surface area contributed by atoms with Gasteiger partial charge in [-0.1, -0.05) is 254 Å². The zero-order valence-electron chi connectivity index (χ0n) is 43.8. The first-order chi connectivity index (χ1) is 31.2. The fourth-order valence-corrected chi connectivity index (χ4v) is 7.28. The van der Waals surface area contributed by atoms with Crippen molar-refractivity contribution < 1.29 is 37.1 Å². The monoisotopic (exact) mass is 1520 g/mol. The van der Waals surface area contributed by atoms with Crippen LogP contribution >= 0.6 is 116 Å². The van der Waals surface area contributed by atoms with Crippen LogP contribution in [0.5, 0.6) is 0 Å². The van der Waals surface area contributed by atoms with Gasteiger partial charge in [-0.3, -0.25) is 4.43 Å². The summed E-state index contributed by atoms with van der Waals surface area (Å²) in [6, 6.07) is 35.5. The van der Waals surface area contributed by atoms with Gasteiger partial charge in [0.15, 0.2) is 0 Å². The first-order valence-electron chi connectivity index (χ1n) is 24.0. The predicted octanol–water partition coefficient (Wildman–Crippen LogP) is 21.7. The second kappa shape index (κ2) is 50.7. The molecule has 3 saturated carbocycles. The van der Waals surface area contributed by atoms with Gasteiger partial charge < -0.3 is 35.2 Å². The molecule has 0 aromatic heterocycles. The third-order valence-electron chi connectivity index (χ3n) is 10.4. The van der Waals surface area contributed by atoms with E-state index in [1.165, 1.54) is 89.8 Å². The molecule has 2 radical (unpaired) electrons. The summed E-state index contributed by atoms with van der Waals surface area (Å²) in [6.45, 7) is 32.0. The van der Waals surface area contributed by atoms with Gasteiger partial charge >= 0.3 is 0 Å². The fraction of sp³-hybridized carbons (Fsp3) is 0.526. The minimum Gasteiger partial charge on any atom is -0.346 e. The van der Waals surface area contributed by atoms with Crippen molar-refractivity contribution in [3.05, 3.63) is 150 Å². The van der Waals surface area contributed by atoms with E-state index in [4.69, 9.17) is 11.0 Å². The summed E-state index contributed by atoms with van der Waals surface area (Å²) in [5.74, 6) is 0. The average molecular weight is 1520 g/mol. The number of hydrogen-bond donors (Lipinski definition) is 1. The Bertz CT molecular complexity index is 1680. The van der Waals surface area contributed by atoms with Gasteiger partial charge in [0.05, 0.1) is 14.4 Å². The Morgan fingerprint density at radius 1 is 0.597 bits per heavy atom. The van der Waals surface area contributed by atoms with Crippen molar-refractivity contribution in [3.8, 4) is 6.07 Å². The molecule has 0 unspecified atom stereocenters. The summed E-state index contributed by atoms with van der Waals surface area (Å²) in [6.07, 6.45) is 14.8. The number of rotatable bonds is 9. The Morgan fingerprint density at radius 3 is 1.13 bits per heavy atom. The van der Waals surface area contributed by atoms with Crippen molar-refractivity contribution >= 4 is 116 Å². The Labute approximate surface area is 505 Å². The van der Waals surface area contributed by atoms with Crippen molar-refractivity contribution in [2.75, 3.05) is 0 Å². The van der Waals surface area contributed by atoms with Gasteiger partial charge in [-0.2, -0.15) is 19.1 Å². The Balaban J connectivity index is -0.000000166. The molecule has 2 N–H and O–H groups in total. The van der Waals surface area contributed by atoms with Crippen molar-refractivity contribution in [3.63, 3.8) is 0 Å². The summed E-state index contributed by atoms with van der Waals surface area (Å²) in [5, 5.41) is 8.37. The predicted molar refractivity (Wildman–Crippen MR) is 332 cm³/mol. The Hall–Kier alpha value is 1.13. The van der Waals surface area contributed by atoms with Crippen LogP contribution in [-0.2, 0) is 62.8 Å². The van der Waals surface area contributed by atoms with Gasteiger partial charge in [0.2, 0.25) is 0 Å². The van der Waals surface area contributed by atoms with Crippen LogP contribution in [0.2, 0.25) is 0 Å². The van der Waals surface area contributed by atoms with E-state index in [2.05, 4.69) is 223 Å². The molecule has 4 aromatic rings. The van der Waals surface area contributed by atoms with Crippen LogP contribution in [-0.4, -0.2) is 7.47 Å². The molecule has 0 bridgehead atoms. The quantitative estimate of drug-likeness (QED) is 0.103. The number of alkyl halides is 2. The van der Waals surface area contributed by atoms with Gasteiger partial charge in [-0.25, -0.2) is 0 Å². The minimum absolute atomic E-state index is 0. The Kier molecular flexibility index (Phi) is 60.1. The van der Waals surface area contributed by atoms with Crippen LogP contribution in [0.3, 0.4) is 0 Å². The zero-order valence-corrected chi connectivity index (χ0v) is 57.8. The molecule has 4 aromatic carbocycles. The molecule has 2 nitrogen and oxygen atoms in total. The molecule has 0 saturated heterocycles. The third-order valence-corrected chi connectivity index (χ3v) is 12.7. The summed E-state index contributed by atoms with van der Waals surface area (Å²) >= 11 is 17.3. The molecule has 0 spiro atoms. The van der Waals surface area contributed by atoms with E-state index in [0.717, 1.165) is 18.4 Å². The van der Waals surface area contributed by atoms with Crippen LogP contribution in [0.1, 0.15) is 169 Å². The first kappa shape index (κ1) is 79.5. The summed E-state index contributed by atoms with van der Waals surface area (Å²) in [4.78, 5) is 0. The van der Waals surface area contributed by atoms with Gasteiger partial charge in [-0.15, -0.1) is 0 Å². The molecule has 0 heterocycles. The number of halogens is 6. The molecule has 3 fully saturated rings. The Morgan fingerprint density at radius 2 is 0.866 bits per heavy atom. The van der Waals surface area contributed by atoms with Crippen molar-refractivity contribution in [1.82, 2.24) is 0 Å². The molecule has 380 valence electrons. The van der Waals surface area contributed by atoms with Crippen LogP contribution in [0.25, 0.3) is 0 Å². The maximum absolute atomic E-state index is 8.37. The van der Waals surface area contributed by atoms with Crippen LogP contribution in [0.4, 0.5) is 0 Å². The normalized spacial score (nSPS) is 13.2. The number of hydrogen-bond acceptors (Lipinski definition) is 2. The summed E-state index contributed by atoms with van der Waals surface area (Å²) < 4.78 is 6.21. The number of nitriles is 1. The topological polar surface area (TPSA) is 49.8 Å². The fourth-order valence-electron chi connectivity index (χ4n) is 6.01. The summed E-state index contributed by atoms with van der Waals surface area (Å²) in [7, 11) is 0. The number of nitrogens with two attached hydrogens (primary N) is 1. The number of aryl methyl sites for hydroxylation is 1. The average Bonchev–Trinajstić information content (AvgIpc) is 4.27. The maximum Gasteiger partial charge on any atom is 0.0670 e. The van der Waals surface area contributed by atoms with Crippen LogP contribution < -0.4 is 5.73 Å². The van der Waals surface area contributed by atoms with Crippen molar-refractivity contribution in [1.29, 1.82) is 5.26 Å². The zero-order chi connectivity index (χ0) is 50.9. The molecular formula is C57H88Br3I3N2V2-2. The number of benzene rings is 4. The summed E-state index contributed by atoms with van der Waals surface area (Å²) in [5.41, 5.74) is 14.4. The van der Waals surface area contributed by atoms with Gasteiger partial charge in [0.25, 0.3) is 0 Å². The largest absolute Gasteiger partial charge is 0.346 e.